The van der Waals surface area contributed by atoms with Gasteiger partial charge in [-0.15, -0.1) is 0 Å². The van der Waals surface area contributed by atoms with Crippen LogP contribution in [-0.4, -0.2) is 28.1 Å². The van der Waals surface area contributed by atoms with Crippen molar-refractivity contribution in [1.29, 1.82) is 0 Å². The Kier molecular flexibility index (Phi) is 6.02. The number of pyridine rings is 1. The zero-order chi connectivity index (χ0) is 19.3. The average Bonchev–Trinajstić information content (AvgIpc) is 2.67. The smallest absolute Gasteiger partial charge is 0.301 e. The van der Waals surface area contributed by atoms with E-state index in [-0.39, 0.29) is 5.70 Å². The molecule has 1 aliphatic carbocycles. The highest BCUT2D eigenvalue weighted by Gasteiger charge is 2.44. The lowest BCUT2D eigenvalue weighted by Crippen LogP contribution is -2.64. The Labute approximate surface area is 158 Å². The van der Waals surface area contributed by atoms with Gasteiger partial charge in [0.2, 0.25) is 0 Å². The topological polar surface area (TPSA) is 144 Å². The second kappa shape index (κ2) is 8.45. The van der Waals surface area contributed by atoms with E-state index in [4.69, 9.17) is 11.5 Å². The average molecular weight is 373 g/mol. The van der Waals surface area contributed by atoms with E-state index in [0.29, 0.717) is 37.3 Å². The van der Waals surface area contributed by atoms with Crippen LogP contribution in [0.3, 0.4) is 0 Å². The minimum atomic E-state index is -1.25. The van der Waals surface area contributed by atoms with E-state index in [2.05, 4.69) is 20.6 Å². The molecule has 2 aliphatic rings. The number of hydrogen-bond donors (Lipinski definition) is 4. The van der Waals surface area contributed by atoms with E-state index in [1.807, 2.05) is 12.1 Å². The zero-order valence-electron chi connectivity index (χ0n) is 15.3. The number of aromatic nitrogens is 1. The van der Waals surface area contributed by atoms with Crippen molar-refractivity contribution in [3.63, 3.8) is 0 Å². The van der Waals surface area contributed by atoms with E-state index >= 15 is 0 Å². The molecule has 27 heavy (non-hydrogen) atoms. The van der Waals surface area contributed by atoms with Crippen molar-refractivity contribution in [3.05, 3.63) is 52.1 Å². The third kappa shape index (κ3) is 4.81. The fourth-order valence-corrected chi connectivity index (χ4v) is 3.82. The van der Waals surface area contributed by atoms with Crippen molar-refractivity contribution in [2.75, 3.05) is 6.54 Å². The number of nitrogens with one attached hydrogen (secondary N) is 2. The van der Waals surface area contributed by atoms with Crippen LogP contribution in [0.4, 0.5) is 0 Å². The third-order valence-corrected chi connectivity index (χ3v) is 5.39. The summed E-state index contributed by atoms with van der Waals surface area (Å²) in [6.45, 7) is 1.11. The Morgan fingerprint density at radius 1 is 1.33 bits per heavy atom. The second-order valence-corrected chi connectivity index (χ2v) is 7.38. The van der Waals surface area contributed by atoms with Crippen LogP contribution in [0.1, 0.15) is 37.7 Å². The largest absolute Gasteiger partial charge is 0.330 e. The van der Waals surface area contributed by atoms with Gasteiger partial charge >= 0.3 is 5.70 Å². The van der Waals surface area contributed by atoms with Gasteiger partial charge in [-0.3, -0.25) is 20.8 Å². The molecule has 0 spiro atoms. The molecule has 1 aromatic heterocycles. The first-order valence-corrected chi connectivity index (χ1v) is 9.32. The molecule has 9 heteroatoms. The van der Waals surface area contributed by atoms with Crippen molar-refractivity contribution in [2.45, 2.75) is 44.3 Å². The van der Waals surface area contributed by atoms with Crippen molar-refractivity contribution < 1.29 is 4.92 Å². The number of nitro groups is 1. The molecule has 3 rings (SSSR count). The van der Waals surface area contributed by atoms with Crippen LogP contribution in [-0.2, 0) is 6.54 Å². The molecule has 0 saturated heterocycles. The molecule has 9 nitrogen and oxygen atoms in total. The SMILES string of the molecule is NCC1CCC(CC2(N)NC(=NCc3cccnc3)NC=C2[N+](=O)[O-])CC1. The second-order valence-electron chi connectivity index (χ2n) is 7.38. The molecular formula is C18H27N7O2. The van der Waals surface area contributed by atoms with Gasteiger partial charge in [-0.05, 0) is 62.1 Å². The molecule has 146 valence electrons. The van der Waals surface area contributed by atoms with Crippen LogP contribution in [0.25, 0.3) is 0 Å². The van der Waals surface area contributed by atoms with E-state index in [9.17, 15) is 10.1 Å². The fraction of sp³-hybridized carbons (Fsp3) is 0.556. The summed E-state index contributed by atoms with van der Waals surface area (Å²) in [5.41, 5.74) is 11.9. The van der Waals surface area contributed by atoms with Gasteiger partial charge in [-0.2, -0.15) is 0 Å². The standard InChI is InChI=1S/C18H27N7O2/c19-9-14-5-3-13(4-6-14)8-18(20)16(25(26)27)12-23-17(24-18)22-11-15-2-1-7-21-10-15/h1-2,7,10,12-14H,3-6,8-9,11,19-20H2,(H2,22,23,24). The predicted octanol–water partition coefficient (Wildman–Crippen LogP) is 1.06. The summed E-state index contributed by atoms with van der Waals surface area (Å²) in [7, 11) is 0. The van der Waals surface area contributed by atoms with Gasteiger partial charge in [0.05, 0.1) is 17.7 Å². The number of nitrogens with zero attached hydrogens (tertiary/aromatic N) is 3. The third-order valence-electron chi connectivity index (χ3n) is 5.39. The van der Waals surface area contributed by atoms with Gasteiger partial charge in [-0.1, -0.05) is 6.07 Å². The molecule has 0 radical (unpaired) electrons. The van der Waals surface area contributed by atoms with Crippen molar-refractivity contribution in [2.24, 2.45) is 28.3 Å². The van der Waals surface area contributed by atoms with Gasteiger partial charge in [0.25, 0.3) is 0 Å². The van der Waals surface area contributed by atoms with Gasteiger partial charge < -0.3 is 16.4 Å². The number of nitrogens with two attached hydrogens (primary N) is 2. The summed E-state index contributed by atoms with van der Waals surface area (Å²) in [6, 6.07) is 3.76. The summed E-state index contributed by atoms with van der Waals surface area (Å²) in [4.78, 5) is 19.6. The molecule has 0 bridgehead atoms. The Hall–Kier alpha value is -2.52. The Bertz CT molecular complexity index is 714. The van der Waals surface area contributed by atoms with Gasteiger partial charge in [0, 0.05) is 12.4 Å². The maximum atomic E-state index is 11.5. The van der Waals surface area contributed by atoms with E-state index in [0.717, 1.165) is 31.2 Å². The summed E-state index contributed by atoms with van der Waals surface area (Å²) in [6.07, 6.45) is 9.35. The summed E-state index contributed by atoms with van der Waals surface area (Å²) in [5.74, 6) is 1.31. The van der Waals surface area contributed by atoms with Crippen LogP contribution < -0.4 is 22.1 Å². The van der Waals surface area contributed by atoms with Crippen molar-refractivity contribution in [3.8, 4) is 0 Å². The van der Waals surface area contributed by atoms with Crippen LogP contribution in [0.15, 0.2) is 41.4 Å². The minimum Gasteiger partial charge on any atom is -0.330 e. The Morgan fingerprint density at radius 3 is 2.70 bits per heavy atom. The summed E-state index contributed by atoms with van der Waals surface area (Å²) < 4.78 is 0. The maximum absolute atomic E-state index is 11.5. The lowest BCUT2D eigenvalue weighted by molar-refractivity contribution is -0.437. The lowest BCUT2D eigenvalue weighted by atomic mass is 9.77. The Morgan fingerprint density at radius 2 is 2.07 bits per heavy atom. The highest BCUT2D eigenvalue weighted by Crippen LogP contribution is 2.34. The van der Waals surface area contributed by atoms with Crippen LogP contribution in [0.2, 0.25) is 0 Å². The van der Waals surface area contributed by atoms with E-state index in [1.165, 1.54) is 6.20 Å². The first-order valence-electron chi connectivity index (χ1n) is 9.32. The highest BCUT2D eigenvalue weighted by atomic mass is 16.6. The van der Waals surface area contributed by atoms with Gasteiger partial charge in [0.1, 0.15) is 0 Å². The molecule has 1 saturated carbocycles. The molecular weight excluding hydrogens is 346 g/mol. The molecule has 0 aromatic carbocycles. The zero-order valence-corrected chi connectivity index (χ0v) is 15.3. The molecule has 1 fully saturated rings. The summed E-state index contributed by atoms with van der Waals surface area (Å²) >= 11 is 0. The van der Waals surface area contributed by atoms with E-state index < -0.39 is 10.6 Å². The lowest BCUT2D eigenvalue weighted by Gasteiger charge is -2.37. The molecule has 1 atom stereocenters. The highest BCUT2D eigenvalue weighted by molar-refractivity contribution is 5.83. The number of aliphatic imine (C=N–C) groups is 1. The number of rotatable bonds is 6. The molecule has 1 aliphatic heterocycles. The minimum absolute atomic E-state index is 0.0659. The van der Waals surface area contributed by atoms with Crippen LogP contribution in [0, 0.1) is 22.0 Å². The Balaban J connectivity index is 1.71. The maximum Gasteiger partial charge on any atom is 0.301 e. The van der Waals surface area contributed by atoms with Crippen LogP contribution in [0.5, 0.6) is 0 Å². The predicted molar refractivity (Wildman–Crippen MR) is 103 cm³/mol. The molecule has 0 amide bonds. The van der Waals surface area contributed by atoms with Gasteiger partial charge in [0.15, 0.2) is 11.6 Å². The quantitative estimate of drug-likeness (QED) is 0.431. The molecule has 1 aromatic rings. The molecule has 6 N–H and O–H groups in total. The van der Waals surface area contributed by atoms with E-state index in [1.54, 1.807) is 12.4 Å². The van der Waals surface area contributed by atoms with Gasteiger partial charge in [-0.25, -0.2) is 4.99 Å². The molecule has 1 unspecified atom stereocenters. The number of guanidine groups is 1. The fourth-order valence-electron chi connectivity index (χ4n) is 3.82. The molecule has 2 heterocycles. The summed E-state index contributed by atoms with van der Waals surface area (Å²) in [5, 5.41) is 17.4. The van der Waals surface area contributed by atoms with Crippen molar-refractivity contribution in [1.82, 2.24) is 15.6 Å². The monoisotopic (exact) mass is 373 g/mol. The van der Waals surface area contributed by atoms with Crippen molar-refractivity contribution >= 4 is 5.96 Å². The normalized spacial score (nSPS) is 29.6. The van der Waals surface area contributed by atoms with Crippen LogP contribution >= 0.6 is 0 Å². The first-order chi connectivity index (χ1) is 13.0. The first kappa shape index (κ1) is 19.2. The number of hydrogen-bond acceptors (Lipinski definition) is 6.